The Morgan fingerprint density at radius 3 is 2.38 bits per heavy atom. The Labute approximate surface area is 176 Å². The van der Waals surface area contributed by atoms with Crippen LogP contribution in [0.4, 0.5) is 5.69 Å². The minimum absolute atomic E-state index is 0.0901. The van der Waals surface area contributed by atoms with Crippen LogP contribution in [0, 0.1) is 6.92 Å². The molecule has 0 unspecified atom stereocenters. The summed E-state index contributed by atoms with van der Waals surface area (Å²) in [5.41, 5.74) is 2.19. The van der Waals surface area contributed by atoms with Crippen LogP contribution in [-0.2, 0) is 14.8 Å². The first-order valence-corrected chi connectivity index (χ1v) is 11.1. The van der Waals surface area contributed by atoms with Gasteiger partial charge in [0.25, 0.3) is 0 Å². The monoisotopic (exact) mass is 437 g/mol. The number of amides is 1. The van der Waals surface area contributed by atoms with Gasteiger partial charge in [-0.05, 0) is 48.9 Å². The van der Waals surface area contributed by atoms with Crippen molar-refractivity contribution in [1.82, 2.24) is 9.62 Å². The predicted octanol–water partition coefficient (Wildman–Crippen LogP) is 2.28. The first-order chi connectivity index (χ1) is 13.8. The quantitative estimate of drug-likeness (QED) is 0.750. The smallest absolute Gasteiger partial charge is 0.241 e. The molecule has 156 valence electrons. The van der Waals surface area contributed by atoms with Gasteiger partial charge in [0.05, 0.1) is 18.6 Å². The summed E-state index contributed by atoms with van der Waals surface area (Å²) in [5, 5.41) is 0.678. The minimum Gasteiger partial charge on any atom is -0.497 e. The molecule has 1 aliphatic heterocycles. The van der Waals surface area contributed by atoms with E-state index >= 15 is 0 Å². The van der Waals surface area contributed by atoms with Crippen LogP contribution in [0.15, 0.2) is 47.4 Å². The number of rotatable bonds is 6. The molecule has 0 bridgehead atoms. The van der Waals surface area contributed by atoms with Crippen LogP contribution in [0.5, 0.6) is 5.75 Å². The Hall–Kier alpha value is -2.29. The molecule has 0 atom stereocenters. The molecule has 29 heavy (non-hydrogen) atoms. The Kier molecular flexibility index (Phi) is 6.66. The minimum atomic E-state index is -3.76. The van der Waals surface area contributed by atoms with Gasteiger partial charge in [0.1, 0.15) is 5.75 Å². The van der Waals surface area contributed by atoms with Crippen LogP contribution in [0.3, 0.4) is 0 Å². The fourth-order valence-electron chi connectivity index (χ4n) is 3.23. The maximum atomic E-state index is 12.5. The molecule has 1 heterocycles. The van der Waals surface area contributed by atoms with Crippen molar-refractivity contribution in [2.75, 3.05) is 44.7 Å². The van der Waals surface area contributed by atoms with E-state index in [1.165, 1.54) is 19.2 Å². The number of carbonyl (C=O) groups excluding carboxylic acids is 1. The topological polar surface area (TPSA) is 78.9 Å². The number of methoxy groups -OCH3 is 1. The Morgan fingerprint density at radius 1 is 1.10 bits per heavy atom. The largest absolute Gasteiger partial charge is 0.497 e. The molecule has 1 aliphatic rings. The summed E-state index contributed by atoms with van der Waals surface area (Å²) in [6.45, 7) is 4.13. The zero-order chi connectivity index (χ0) is 21.0. The van der Waals surface area contributed by atoms with Crippen molar-refractivity contribution in [3.8, 4) is 5.75 Å². The first-order valence-electron chi connectivity index (χ1n) is 9.23. The zero-order valence-corrected chi connectivity index (χ0v) is 18.0. The number of aryl methyl sites for hydroxylation is 1. The first kappa shape index (κ1) is 21.4. The summed E-state index contributed by atoms with van der Waals surface area (Å²) in [6, 6.07) is 11.8. The molecular formula is C20H24ClN3O4S. The van der Waals surface area contributed by atoms with E-state index < -0.39 is 10.0 Å². The summed E-state index contributed by atoms with van der Waals surface area (Å²) >= 11 is 6.10. The van der Waals surface area contributed by atoms with Gasteiger partial charge in [-0.15, -0.1) is 0 Å². The lowest BCUT2D eigenvalue weighted by Crippen LogP contribution is -2.51. The van der Waals surface area contributed by atoms with Crippen LogP contribution in [0.2, 0.25) is 5.02 Å². The van der Waals surface area contributed by atoms with Crippen LogP contribution in [-0.4, -0.2) is 59.1 Å². The number of carbonyl (C=O) groups is 1. The van der Waals surface area contributed by atoms with Gasteiger partial charge < -0.3 is 14.5 Å². The van der Waals surface area contributed by atoms with Crippen molar-refractivity contribution >= 4 is 33.2 Å². The zero-order valence-electron chi connectivity index (χ0n) is 16.4. The van der Waals surface area contributed by atoms with Crippen molar-refractivity contribution in [3.05, 3.63) is 53.1 Å². The van der Waals surface area contributed by atoms with Gasteiger partial charge in [-0.1, -0.05) is 17.7 Å². The van der Waals surface area contributed by atoms with Gasteiger partial charge >= 0.3 is 0 Å². The van der Waals surface area contributed by atoms with Crippen molar-refractivity contribution < 1.29 is 17.9 Å². The lowest BCUT2D eigenvalue weighted by molar-refractivity contribution is -0.130. The SMILES string of the molecule is COc1ccc(S(=O)(=O)NCC(=O)N2CCN(c3cc(Cl)ccc3C)CC2)cc1. The van der Waals surface area contributed by atoms with Crippen LogP contribution in [0.25, 0.3) is 0 Å². The maximum Gasteiger partial charge on any atom is 0.241 e. The molecule has 3 rings (SSSR count). The molecule has 9 heteroatoms. The van der Waals surface area contributed by atoms with E-state index in [0.717, 1.165) is 11.3 Å². The van der Waals surface area contributed by atoms with Gasteiger partial charge in [-0.3, -0.25) is 4.79 Å². The standard InChI is InChI=1S/C20H24ClN3O4S/c1-15-3-4-16(21)13-19(15)23-9-11-24(12-10-23)20(25)14-22-29(26,27)18-7-5-17(28-2)6-8-18/h3-8,13,22H,9-12,14H2,1-2H3. The lowest BCUT2D eigenvalue weighted by atomic mass is 10.1. The van der Waals surface area contributed by atoms with Crippen LogP contribution >= 0.6 is 11.6 Å². The summed E-state index contributed by atoms with van der Waals surface area (Å²) < 4.78 is 32.2. The van der Waals surface area contributed by atoms with Crippen molar-refractivity contribution in [3.63, 3.8) is 0 Å². The fraction of sp³-hybridized carbons (Fsp3) is 0.350. The van der Waals surface area contributed by atoms with Crippen molar-refractivity contribution in [2.45, 2.75) is 11.8 Å². The highest BCUT2D eigenvalue weighted by atomic mass is 35.5. The lowest BCUT2D eigenvalue weighted by Gasteiger charge is -2.37. The summed E-state index contributed by atoms with van der Waals surface area (Å²) in [7, 11) is -2.25. The number of piperazine rings is 1. The second-order valence-corrected chi connectivity index (χ2v) is 9.00. The van der Waals surface area contributed by atoms with Gasteiger partial charge in [-0.2, -0.15) is 0 Å². The third-order valence-electron chi connectivity index (χ3n) is 4.93. The second-order valence-electron chi connectivity index (χ2n) is 6.80. The number of ether oxygens (including phenoxy) is 1. The second kappa shape index (κ2) is 9.02. The maximum absolute atomic E-state index is 12.5. The molecule has 2 aromatic rings. The number of sulfonamides is 1. The number of hydrogen-bond donors (Lipinski definition) is 1. The highest BCUT2D eigenvalue weighted by Gasteiger charge is 2.24. The molecule has 1 saturated heterocycles. The highest BCUT2D eigenvalue weighted by Crippen LogP contribution is 2.25. The molecule has 0 saturated carbocycles. The van der Waals surface area contributed by atoms with E-state index in [-0.39, 0.29) is 17.3 Å². The van der Waals surface area contributed by atoms with Gasteiger partial charge in [0, 0.05) is 36.9 Å². The number of benzene rings is 2. The van der Waals surface area contributed by atoms with E-state index in [9.17, 15) is 13.2 Å². The Morgan fingerprint density at radius 2 is 1.76 bits per heavy atom. The highest BCUT2D eigenvalue weighted by molar-refractivity contribution is 7.89. The van der Waals surface area contributed by atoms with E-state index in [0.29, 0.717) is 37.0 Å². The van der Waals surface area contributed by atoms with Gasteiger partial charge in [0.15, 0.2) is 0 Å². The predicted molar refractivity (Wildman–Crippen MR) is 113 cm³/mol. The third kappa shape index (κ3) is 5.20. The van der Waals surface area contributed by atoms with E-state index in [1.807, 2.05) is 25.1 Å². The normalized spacial score (nSPS) is 14.7. The summed E-state index contributed by atoms with van der Waals surface area (Å²) in [4.78, 5) is 16.4. The molecule has 0 radical (unpaired) electrons. The molecule has 1 N–H and O–H groups in total. The van der Waals surface area contributed by atoms with Crippen molar-refractivity contribution in [2.24, 2.45) is 0 Å². The third-order valence-corrected chi connectivity index (χ3v) is 6.58. The molecule has 1 amide bonds. The molecule has 0 aromatic heterocycles. The average Bonchev–Trinajstić information content (AvgIpc) is 2.74. The molecule has 1 fully saturated rings. The van der Waals surface area contributed by atoms with Crippen molar-refractivity contribution in [1.29, 1.82) is 0 Å². The van der Waals surface area contributed by atoms with Crippen LogP contribution in [0.1, 0.15) is 5.56 Å². The van der Waals surface area contributed by atoms with Gasteiger partial charge in [0.2, 0.25) is 15.9 Å². The summed E-state index contributed by atoms with van der Waals surface area (Å²) in [6.07, 6.45) is 0. The molecular weight excluding hydrogens is 414 g/mol. The molecule has 7 nitrogen and oxygen atoms in total. The molecule has 0 aliphatic carbocycles. The Balaban J connectivity index is 1.55. The van der Waals surface area contributed by atoms with E-state index in [1.54, 1.807) is 17.0 Å². The molecule has 0 spiro atoms. The van der Waals surface area contributed by atoms with E-state index in [2.05, 4.69) is 9.62 Å². The fourth-order valence-corrected chi connectivity index (χ4v) is 4.37. The average molecular weight is 438 g/mol. The molecule has 2 aromatic carbocycles. The number of halogens is 1. The van der Waals surface area contributed by atoms with Gasteiger partial charge in [-0.25, -0.2) is 13.1 Å². The number of nitrogens with zero attached hydrogens (tertiary/aromatic N) is 2. The Bertz CT molecular complexity index is 972. The van der Waals surface area contributed by atoms with Crippen LogP contribution < -0.4 is 14.4 Å². The number of hydrogen-bond acceptors (Lipinski definition) is 5. The number of anilines is 1. The number of nitrogens with one attached hydrogen (secondary N) is 1. The van der Waals surface area contributed by atoms with E-state index in [4.69, 9.17) is 16.3 Å². The summed E-state index contributed by atoms with van der Waals surface area (Å²) in [5.74, 6) is 0.317.